The third-order valence-corrected chi connectivity index (χ3v) is 3.82. The molecule has 2 amide bonds. The molecule has 5 nitrogen and oxygen atoms in total. The van der Waals surface area contributed by atoms with E-state index in [2.05, 4.69) is 5.32 Å². The smallest absolute Gasteiger partial charge is 0.407 e. The number of rotatable bonds is 1. The Labute approximate surface area is 114 Å². The van der Waals surface area contributed by atoms with Gasteiger partial charge in [0.1, 0.15) is 5.60 Å². The van der Waals surface area contributed by atoms with Crippen molar-refractivity contribution in [1.82, 2.24) is 10.2 Å². The maximum Gasteiger partial charge on any atom is 0.407 e. The molecule has 2 fully saturated rings. The van der Waals surface area contributed by atoms with Crippen molar-refractivity contribution in [1.29, 1.82) is 0 Å². The maximum atomic E-state index is 11.8. The second kappa shape index (κ2) is 5.02. The summed E-state index contributed by atoms with van der Waals surface area (Å²) in [5.41, 5.74) is -0.469. The second-order valence-electron chi connectivity index (χ2n) is 6.63. The molecule has 108 valence electrons. The fourth-order valence-corrected chi connectivity index (χ4v) is 3.28. The van der Waals surface area contributed by atoms with Crippen molar-refractivity contribution < 1.29 is 14.3 Å². The molecule has 2 rings (SSSR count). The van der Waals surface area contributed by atoms with E-state index in [0.717, 1.165) is 25.7 Å². The van der Waals surface area contributed by atoms with Crippen LogP contribution in [0.1, 0.15) is 53.4 Å². The highest BCUT2D eigenvalue weighted by molar-refractivity contribution is 5.74. The van der Waals surface area contributed by atoms with Crippen LogP contribution in [-0.4, -0.2) is 40.6 Å². The molecule has 2 heterocycles. The first-order chi connectivity index (χ1) is 8.76. The van der Waals surface area contributed by atoms with Crippen LogP contribution in [-0.2, 0) is 9.53 Å². The van der Waals surface area contributed by atoms with Gasteiger partial charge in [-0.25, -0.2) is 4.79 Å². The Morgan fingerprint density at radius 2 is 1.68 bits per heavy atom. The zero-order chi connectivity index (χ0) is 14.2. The molecule has 2 aliphatic rings. The second-order valence-corrected chi connectivity index (χ2v) is 6.63. The number of nitrogens with zero attached hydrogens (tertiary/aromatic N) is 1. The Kier molecular flexibility index (Phi) is 3.74. The minimum atomic E-state index is -0.469. The zero-order valence-corrected chi connectivity index (χ0v) is 12.2. The topological polar surface area (TPSA) is 58.6 Å². The first-order valence-electron chi connectivity index (χ1n) is 7.04. The normalized spacial score (nSPS) is 30.1. The van der Waals surface area contributed by atoms with Gasteiger partial charge < -0.3 is 15.0 Å². The van der Waals surface area contributed by atoms with E-state index in [1.807, 2.05) is 25.7 Å². The van der Waals surface area contributed by atoms with E-state index in [1.54, 1.807) is 6.92 Å². The highest BCUT2D eigenvalue weighted by Crippen LogP contribution is 2.35. The largest absolute Gasteiger partial charge is 0.444 e. The monoisotopic (exact) mass is 268 g/mol. The number of nitrogens with one attached hydrogen (secondary N) is 1. The molecular weight excluding hydrogens is 244 g/mol. The van der Waals surface area contributed by atoms with Gasteiger partial charge in [0.15, 0.2) is 0 Å². The van der Waals surface area contributed by atoms with E-state index in [4.69, 9.17) is 4.74 Å². The molecule has 2 unspecified atom stereocenters. The summed E-state index contributed by atoms with van der Waals surface area (Å²) in [6.07, 6.45) is 3.44. The number of amides is 2. The lowest BCUT2D eigenvalue weighted by atomic mass is 9.97. The van der Waals surface area contributed by atoms with Gasteiger partial charge in [0.05, 0.1) is 0 Å². The SMILES string of the molecule is CC(=O)N1C2CCC1CC(NC(=O)OC(C)(C)C)C2. The molecular formula is C14H24N2O3. The summed E-state index contributed by atoms with van der Waals surface area (Å²) in [4.78, 5) is 25.3. The minimum absolute atomic E-state index is 0.128. The van der Waals surface area contributed by atoms with Gasteiger partial charge in [0, 0.05) is 25.0 Å². The number of fused-ring (bicyclic) bond motifs is 2. The predicted octanol–water partition coefficient (Wildman–Crippen LogP) is 2.05. The fourth-order valence-electron chi connectivity index (χ4n) is 3.28. The summed E-state index contributed by atoms with van der Waals surface area (Å²) in [6.45, 7) is 7.20. The van der Waals surface area contributed by atoms with Crippen LogP contribution >= 0.6 is 0 Å². The Balaban J connectivity index is 1.89. The van der Waals surface area contributed by atoms with Gasteiger partial charge in [-0.1, -0.05) is 0 Å². The summed E-state index contributed by atoms with van der Waals surface area (Å²) < 4.78 is 5.28. The number of piperidine rings is 1. The Bertz CT molecular complexity index is 361. The van der Waals surface area contributed by atoms with Crippen LogP contribution in [0.3, 0.4) is 0 Å². The van der Waals surface area contributed by atoms with Crippen molar-refractivity contribution in [3.8, 4) is 0 Å². The third-order valence-electron chi connectivity index (χ3n) is 3.82. The molecule has 0 spiro atoms. The molecule has 0 aromatic heterocycles. The van der Waals surface area contributed by atoms with Crippen LogP contribution in [0.4, 0.5) is 4.79 Å². The van der Waals surface area contributed by atoms with Crippen molar-refractivity contribution in [2.45, 2.75) is 77.1 Å². The van der Waals surface area contributed by atoms with E-state index in [0.29, 0.717) is 0 Å². The van der Waals surface area contributed by atoms with E-state index in [-0.39, 0.29) is 30.1 Å². The van der Waals surface area contributed by atoms with E-state index in [1.165, 1.54) is 0 Å². The lowest BCUT2D eigenvalue weighted by Crippen LogP contribution is -2.52. The zero-order valence-electron chi connectivity index (χ0n) is 12.2. The highest BCUT2D eigenvalue weighted by Gasteiger charge is 2.42. The summed E-state index contributed by atoms with van der Waals surface area (Å²) >= 11 is 0. The van der Waals surface area contributed by atoms with Crippen LogP contribution < -0.4 is 5.32 Å². The first kappa shape index (κ1) is 14.2. The van der Waals surface area contributed by atoms with Crippen molar-refractivity contribution in [3.63, 3.8) is 0 Å². The number of alkyl carbamates (subject to hydrolysis) is 1. The molecule has 2 atom stereocenters. The van der Waals surface area contributed by atoms with E-state index < -0.39 is 5.60 Å². The lowest BCUT2D eigenvalue weighted by Gasteiger charge is -2.38. The van der Waals surface area contributed by atoms with Gasteiger partial charge in [-0.05, 0) is 46.5 Å². The Morgan fingerprint density at radius 1 is 1.16 bits per heavy atom. The molecule has 2 saturated heterocycles. The maximum absolute atomic E-state index is 11.8. The standard InChI is InChI=1S/C14H24N2O3/c1-9(17)16-11-5-6-12(16)8-10(7-11)15-13(18)19-14(2,3)4/h10-12H,5-8H2,1-4H3,(H,15,18). The Morgan fingerprint density at radius 3 is 2.11 bits per heavy atom. The average molecular weight is 268 g/mol. The number of ether oxygens (including phenoxy) is 1. The number of carbonyl (C=O) groups is 2. The van der Waals surface area contributed by atoms with Crippen molar-refractivity contribution in [2.75, 3.05) is 0 Å². The van der Waals surface area contributed by atoms with E-state index >= 15 is 0 Å². The molecule has 19 heavy (non-hydrogen) atoms. The van der Waals surface area contributed by atoms with Crippen LogP contribution in [0.25, 0.3) is 0 Å². The van der Waals surface area contributed by atoms with Gasteiger partial charge in [0.25, 0.3) is 0 Å². The van der Waals surface area contributed by atoms with Crippen LogP contribution in [0, 0.1) is 0 Å². The van der Waals surface area contributed by atoms with Gasteiger partial charge in [-0.15, -0.1) is 0 Å². The van der Waals surface area contributed by atoms with Crippen LogP contribution in [0.2, 0.25) is 0 Å². The molecule has 0 radical (unpaired) electrons. The number of hydrogen-bond acceptors (Lipinski definition) is 3. The third kappa shape index (κ3) is 3.39. The van der Waals surface area contributed by atoms with Gasteiger partial charge >= 0.3 is 6.09 Å². The number of carbonyl (C=O) groups excluding carboxylic acids is 2. The fraction of sp³-hybridized carbons (Fsp3) is 0.857. The van der Waals surface area contributed by atoms with Gasteiger partial charge in [-0.3, -0.25) is 4.79 Å². The summed E-state index contributed by atoms with van der Waals surface area (Å²) in [5, 5.41) is 2.94. The molecule has 5 heteroatoms. The van der Waals surface area contributed by atoms with Gasteiger partial charge in [-0.2, -0.15) is 0 Å². The summed E-state index contributed by atoms with van der Waals surface area (Å²) in [6, 6.07) is 0.704. The van der Waals surface area contributed by atoms with Crippen LogP contribution in [0.15, 0.2) is 0 Å². The van der Waals surface area contributed by atoms with Crippen molar-refractivity contribution in [3.05, 3.63) is 0 Å². The van der Waals surface area contributed by atoms with Crippen molar-refractivity contribution >= 4 is 12.0 Å². The minimum Gasteiger partial charge on any atom is -0.444 e. The lowest BCUT2D eigenvalue weighted by molar-refractivity contribution is -0.133. The summed E-state index contributed by atoms with van der Waals surface area (Å²) in [5.74, 6) is 0.156. The Hall–Kier alpha value is -1.26. The van der Waals surface area contributed by atoms with Crippen LogP contribution in [0.5, 0.6) is 0 Å². The molecule has 1 N–H and O–H groups in total. The predicted molar refractivity (Wildman–Crippen MR) is 71.7 cm³/mol. The van der Waals surface area contributed by atoms with E-state index in [9.17, 15) is 9.59 Å². The molecule has 2 bridgehead atoms. The molecule has 0 aromatic rings. The summed E-state index contributed by atoms with van der Waals surface area (Å²) in [7, 11) is 0. The quantitative estimate of drug-likeness (QED) is 0.792. The highest BCUT2D eigenvalue weighted by atomic mass is 16.6. The molecule has 0 saturated carbocycles. The molecule has 0 aromatic carbocycles. The number of hydrogen-bond donors (Lipinski definition) is 1. The average Bonchev–Trinajstić information content (AvgIpc) is 2.48. The molecule has 0 aliphatic carbocycles. The first-order valence-corrected chi connectivity index (χ1v) is 7.04. The van der Waals surface area contributed by atoms with Gasteiger partial charge in [0.2, 0.25) is 5.91 Å². The van der Waals surface area contributed by atoms with Crippen molar-refractivity contribution in [2.24, 2.45) is 0 Å². The molecule has 2 aliphatic heterocycles.